The molecule has 0 unspecified atom stereocenters. The number of phenolic OH excluding ortho intramolecular Hbond substituents is 1. The zero-order valence-corrected chi connectivity index (χ0v) is 31.4. The molecule has 6 heterocycles. The summed E-state index contributed by atoms with van der Waals surface area (Å²) in [4.78, 5) is 31.3. The topological polar surface area (TPSA) is 184 Å². The molecule has 4 aromatic heterocycles. The molecule has 1 saturated carbocycles. The predicted molar refractivity (Wildman–Crippen MR) is 206 cm³/mol. The number of benzene rings is 2. The van der Waals surface area contributed by atoms with Crippen molar-refractivity contribution >= 4 is 50.6 Å². The van der Waals surface area contributed by atoms with Crippen molar-refractivity contribution in [3.63, 3.8) is 0 Å². The number of hydrogen-bond donors (Lipinski definition) is 5. The van der Waals surface area contributed by atoms with Crippen LogP contribution >= 0.6 is 22.7 Å². The van der Waals surface area contributed by atoms with E-state index < -0.39 is 17.7 Å². The SMILES string of the molecule is O=C(OC1CC2(C1)CN(CCCn1nnc3cc(CNC[C@H](O)c4ccc(O)c5[nH]c(=O)ccc45)c4c(c31)OCCO4)C2)C(O)(c1cccs1)c1cccs1. The van der Waals surface area contributed by atoms with E-state index in [1.807, 2.05) is 33.6 Å². The number of aromatic hydroxyl groups is 1. The summed E-state index contributed by atoms with van der Waals surface area (Å²) in [7, 11) is 0. The van der Waals surface area contributed by atoms with Crippen LogP contribution in [0.25, 0.3) is 21.9 Å². The van der Waals surface area contributed by atoms with Crippen LogP contribution in [-0.2, 0) is 28.2 Å². The summed E-state index contributed by atoms with van der Waals surface area (Å²) in [6.07, 6.45) is 1.34. The normalized spacial score (nSPS) is 17.3. The van der Waals surface area contributed by atoms with Crippen molar-refractivity contribution in [3.05, 3.63) is 96.6 Å². The molecule has 16 heteroatoms. The van der Waals surface area contributed by atoms with Gasteiger partial charge in [0.15, 0.2) is 11.5 Å². The molecule has 1 spiro atoms. The largest absolute Gasteiger partial charge is 0.506 e. The van der Waals surface area contributed by atoms with Gasteiger partial charge in [0.05, 0.1) is 21.4 Å². The molecule has 1 saturated heterocycles. The maximum atomic E-state index is 13.3. The highest BCUT2D eigenvalue weighted by atomic mass is 32.1. The molecule has 286 valence electrons. The summed E-state index contributed by atoms with van der Waals surface area (Å²) < 4.78 is 20.0. The third-order valence-electron chi connectivity index (χ3n) is 10.9. The van der Waals surface area contributed by atoms with Gasteiger partial charge >= 0.3 is 5.97 Å². The van der Waals surface area contributed by atoms with Crippen molar-refractivity contribution in [2.24, 2.45) is 5.41 Å². The lowest BCUT2D eigenvalue weighted by Crippen LogP contribution is -2.64. The molecule has 0 amide bonds. The molecule has 9 rings (SSSR count). The number of carbonyl (C=O) groups is 1. The van der Waals surface area contributed by atoms with Gasteiger partial charge < -0.3 is 44.7 Å². The van der Waals surface area contributed by atoms with Crippen LogP contribution in [-0.4, -0.2) is 91.7 Å². The van der Waals surface area contributed by atoms with E-state index in [1.165, 1.54) is 34.8 Å². The molecule has 2 fully saturated rings. The van der Waals surface area contributed by atoms with Crippen LogP contribution < -0.4 is 20.3 Å². The highest BCUT2D eigenvalue weighted by molar-refractivity contribution is 7.12. The lowest BCUT2D eigenvalue weighted by atomic mass is 9.61. The Morgan fingerprint density at radius 2 is 1.80 bits per heavy atom. The maximum Gasteiger partial charge on any atom is 0.349 e. The van der Waals surface area contributed by atoms with Gasteiger partial charge in [0.1, 0.15) is 36.1 Å². The second kappa shape index (κ2) is 14.3. The summed E-state index contributed by atoms with van der Waals surface area (Å²) in [5, 5.41) is 49.3. The molecule has 6 aromatic rings. The number of nitrogens with zero attached hydrogens (tertiary/aromatic N) is 4. The van der Waals surface area contributed by atoms with Crippen LogP contribution in [0.4, 0.5) is 0 Å². The molecule has 55 heavy (non-hydrogen) atoms. The van der Waals surface area contributed by atoms with Gasteiger partial charge in [-0.1, -0.05) is 23.4 Å². The number of thiophene rings is 2. The van der Waals surface area contributed by atoms with Gasteiger partial charge in [-0.2, -0.15) is 0 Å². The van der Waals surface area contributed by atoms with Crippen LogP contribution in [0.3, 0.4) is 0 Å². The smallest absolute Gasteiger partial charge is 0.349 e. The van der Waals surface area contributed by atoms with Crippen molar-refractivity contribution in [1.29, 1.82) is 0 Å². The van der Waals surface area contributed by atoms with Gasteiger partial charge in [-0.3, -0.25) is 4.79 Å². The fourth-order valence-electron chi connectivity index (χ4n) is 8.29. The molecule has 2 aliphatic heterocycles. The number of esters is 1. The Morgan fingerprint density at radius 3 is 2.53 bits per heavy atom. The van der Waals surface area contributed by atoms with Crippen molar-refractivity contribution < 1.29 is 34.3 Å². The number of H-pyrrole nitrogens is 1. The average molecular weight is 785 g/mol. The quantitative estimate of drug-likeness (QED) is 0.106. The van der Waals surface area contributed by atoms with E-state index >= 15 is 0 Å². The molecule has 2 aromatic carbocycles. The van der Waals surface area contributed by atoms with Gasteiger partial charge in [0, 0.05) is 55.2 Å². The van der Waals surface area contributed by atoms with E-state index in [0.717, 1.165) is 50.0 Å². The number of pyridine rings is 1. The van der Waals surface area contributed by atoms with E-state index in [0.29, 0.717) is 64.0 Å². The predicted octanol–water partition coefficient (Wildman–Crippen LogP) is 4.03. The number of phenols is 1. The van der Waals surface area contributed by atoms with E-state index in [4.69, 9.17) is 14.2 Å². The molecule has 0 radical (unpaired) electrons. The number of likely N-dealkylation sites (tertiary alicyclic amines) is 1. The minimum Gasteiger partial charge on any atom is -0.506 e. The summed E-state index contributed by atoms with van der Waals surface area (Å²) in [6.45, 7) is 4.83. The number of fused-ring (bicyclic) bond motifs is 4. The Kier molecular flexibility index (Phi) is 9.35. The van der Waals surface area contributed by atoms with Crippen LogP contribution in [0.15, 0.2) is 70.2 Å². The zero-order chi connectivity index (χ0) is 37.7. The van der Waals surface area contributed by atoms with E-state index in [-0.39, 0.29) is 34.9 Å². The number of hydrogen-bond acceptors (Lipinski definition) is 14. The first-order valence-corrected chi connectivity index (χ1v) is 20.1. The first-order chi connectivity index (χ1) is 26.7. The highest BCUT2D eigenvalue weighted by Gasteiger charge is 2.55. The Balaban J connectivity index is 0.783. The van der Waals surface area contributed by atoms with Gasteiger partial charge in [-0.25, -0.2) is 9.48 Å². The Morgan fingerprint density at radius 1 is 1.05 bits per heavy atom. The van der Waals surface area contributed by atoms with E-state index in [9.17, 15) is 24.9 Å². The van der Waals surface area contributed by atoms with Gasteiger partial charge in [0.25, 0.3) is 0 Å². The molecule has 1 aliphatic carbocycles. The number of aryl methyl sites for hydroxylation is 1. The van der Waals surface area contributed by atoms with Crippen LogP contribution in [0, 0.1) is 5.41 Å². The molecule has 1 atom stereocenters. The second-order valence-corrected chi connectivity index (χ2v) is 16.6. The second-order valence-electron chi connectivity index (χ2n) is 14.7. The number of aliphatic hydroxyl groups is 2. The zero-order valence-electron chi connectivity index (χ0n) is 29.8. The average Bonchev–Trinajstić information content (AvgIpc) is 3.97. The van der Waals surface area contributed by atoms with Gasteiger partial charge in [0.2, 0.25) is 11.2 Å². The van der Waals surface area contributed by atoms with Crippen molar-refractivity contribution in [2.75, 3.05) is 39.4 Å². The minimum atomic E-state index is -1.78. The summed E-state index contributed by atoms with van der Waals surface area (Å²) in [5.41, 5.74) is 1.21. The van der Waals surface area contributed by atoms with Crippen LogP contribution in [0.2, 0.25) is 0 Å². The fraction of sp³-hybridized carbons (Fsp3) is 0.385. The standard InChI is InChI=1S/C39H40N6O8S2/c46-28-8-6-25(26-7-9-32(48)41-33(26)28)29(47)20-40-19-23-16-27-34(36-35(23)51-12-13-52-36)45(43-42-27)11-3-10-44-21-38(22-44)17-24(18-38)53-37(49)39(50,30-4-1-14-54-30)31-5-2-15-55-31/h1-2,4-9,14-16,24,29,40,46-47,50H,3,10-13,17-22H2,(H,41,48)/t29-/m0/s1. The molecule has 14 nitrogen and oxygen atoms in total. The molecule has 5 N–H and O–H groups in total. The number of nitrogens with one attached hydrogen (secondary N) is 2. The van der Waals surface area contributed by atoms with Crippen molar-refractivity contribution in [1.82, 2.24) is 30.2 Å². The van der Waals surface area contributed by atoms with Crippen molar-refractivity contribution in [3.8, 4) is 17.2 Å². The highest BCUT2D eigenvalue weighted by Crippen LogP contribution is 2.50. The molecule has 3 aliphatic rings. The maximum absolute atomic E-state index is 13.3. The Hall–Kier alpha value is -4.84. The number of aromatic amines is 1. The van der Waals surface area contributed by atoms with E-state index in [2.05, 4.69) is 25.5 Å². The third-order valence-corrected chi connectivity index (χ3v) is 12.8. The summed E-state index contributed by atoms with van der Waals surface area (Å²) in [6, 6.07) is 15.2. The number of carbonyl (C=O) groups excluding carboxylic acids is 1. The fourth-order valence-corrected chi connectivity index (χ4v) is 10.0. The number of rotatable bonds is 13. The van der Waals surface area contributed by atoms with Crippen LogP contribution in [0.5, 0.6) is 17.2 Å². The lowest BCUT2D eigenvalue weighted by molar-refractivity contribution is -0.191. The Bertz CT molecular complexity index is 2360. The lowest BCUT2D eigenvalue weighted by Gasteiger charge is -2.58. The van der Waals surface area contributed by atoms with Gasteiger partial charge in [-0.05, 0) is 72.5 Å². The monoisotopic (exact) mass is 784 g/mol. The molecule has 0 bridgehead atoms. The van der Waals surface area contributed by atoms with Gasteiger partial charge in [-0.15, -0.1) is 27.8 Å². The first kappa shape index (κ1) is 35.8. The molecular weight excluding hydrogens is 745 g/mol. The number of aromatic nitrogens is 4. The van der Waals surface area contributed by atoms with E-state index in [1.54, 1.807) is 24.3 Å². The Labute approximate surface area is 322 Å². The van der Waals surface area contributed by atoms with Crippen molar-refractivity contribution in [2.45, 2.75) is 50.2 Å². The summed E-state index contributed by atoms with van der Waals surface area (Å²) >= 11 is 2.69. The molecular formula is C39H40N6O8S2. The third kappa shape index (κ3) is 6.55. The first-order valence-electron chi connectivity index (χ1n) is 18.3. The number of aliphatic hydroxyl groups excluding tert-OH is 1. The number of ether oxygens (including phenoxy) is 3. The summed E-state index contributed by atoms with van der Waals surface area (Å²) in [5.74, 6) is 0.580. The van der Waals surface area contributed by atoms with Crippen LogP contribution in [0.1, 0.15) is 46.2 Å². The minimum absolute atomic E-state index is 0.0598.